The smallest absolute Gasteiger partial charge is 0.212 e. The van der Waals surface area contributed by atoms with E-state index in [4.69, 9.17) is 0 Å². The summed E-state index contributed by atoms with van der Waals surface area (Å²) in [5.74, 6) is -0.913. The predicted octanol–water partition coefficient (Wildman–Crippen LogP) is 3.39. The summed E-state index contributed by atoms with van der Waals surface area (Å²) in [5, 5.41) is 1.85. The third kappa shape index (κ3) is 3.95. The minimum Gasteiger partial charge on any atom is -0.212 e. The van der Waals surface area contributed by atoms with Gasteiger partial charge in [0.1, 0.15) is 0 Å². The summed E-state index contributed by atoms with van der Waals surface area (Å²) >= 11 is 1.43. The quantitative estimate of drug-likeness (QED) is 0.901. The van der Waals surface area contributed by atoms with Crippen LogP contribution in [0.5, 0.6) is 0 Å². The Hall–Kier alpha value is -0.600. The number of thiophene rings is 1. The van der Waals surface area contributed by atoms with Crippen LogP contribution in [-0.4, -0.2) is 20.3 Å². The average molecular weight is 327 g/mol. The summed E-state index contributed by atoms with van der Waals surface area (Å²) in [6.07, 6.45) is -2.75. The maximum Gasteiger partial charge on any atom is 0.390 e. The molecule has 0 spiro atoms. The van der Waals surface area contributed by atoms with E-state index >= 15 is 0 Å². The topological polar surface area (TPSA) is 46.2 Å². The van der Waals surface area contributed by atoms with Crippen LogP contribution >= 0.6 is 11.3 Å². The highest BCUT2D eigenvalue weighted by atomic mass is 32.2. The third-order valence-electron chi connectivity index (χ3n) is 3.46. The van der Waals surface area contributed by atoms with Gasteiger partial charge in [-0.2, -0.15) is 13.2 Å². The molecule has 20 heavy (non-hydrogen) atoms. The molecule has 0 radical (unpaired) electrons. The van der Waals surface area contributed by atoms with E-state index in [9.17, 15) is 21.6 Å². The first kappa shape index (κ1) is 15.8. The molecular formula is C12H16F3NO2S2. The molecule has 0 bridgehead atoms. The van der Waals surface area contributed by atoms with Gasteiger partial charge in [0.05, 0.1) is 17.7 Å². The van der Waals surface area contributed by atoms with E-state index in [0.29, 0.717) is 12.8 Å². The van der Waals surface area contributed by atoms with Crippen molar-refractivity contribution in [3.63, 3.8) is 0 Å². The highest BCUT2D eigenvalue weighted by Gasteiger charge is 2.40. The zero-order valence-electron chi connectivity index (χ0n) is 10.7. The van der Waals surface area contributed by atoms with Crippen LogP contribution in [0.2, 0.25) is 0 Å². The number of rotatable bonds is 5. The van der Waals surface area contributed by atoms with E-state index in [2.05, 4.69) is 4.72 Å². The highest BCUT2D eigenvalue weighted by Crippen LogP contribution is 2.41. The maximum atomic E-state index is 12.2. The Morgan fingerprint density at radius 1 is 1.30 bits per heavy atom. The van der Waals surface area contributed by atoms with Gasteiger partial charge in [0.25, 0.3) is 0 Å². The van der Waals surface area contributed by atoms with E-state index in [1.807, 2.05) is 17.5 Å². The maximum absolute atomic E-state index is 12.2. The van der Waals surface area contributed by atoms with Crippen molar-refractivity contribution in [1.29, 1.82) is 0 Å². The lowest BCUT2D eigenvalue weighted by molar-refractivity contribution is -0.130. The van der Waals surface area contributed by atoms with Gasteiger partial charge >= 0.3 is 6.18 Å². The van der Waals surface area contributed by atoms with Crippen LogP contribution in [0.1, 0.15) is 37.0 Å². The van der Waals surface area contributed by atoms with Gasteiger partial charge in [-0.25, -0.2) is 13.1 Å². The number of hydrogen-bond donors (Lipinski definition) is 1. The molecule has 1 saturated carbocycles. The van der Waals surface area contributed by atoms with E-state index in [-0.39, 0.29) is 0 Å². The van der Waals surface area contributed by atoms with Crippen LogP contribution < -0.4 is 4.72 Å². The van der Waals surface area contributed by atoms with Crippen molar-refractivity contribution in [3.8, 4) is 0 Å². The standard InChI is InChI=1S/C12H16F3NO2S2/c13-12(14,15)7-9-20(17,18)16-11(5-1-2-6-11)10-4-3-8-19-10/h3-4,8,16H,1-2,5-7,9H2. The highest BCUT2D eigenvalue weighted by molar-refractivity contribution is 7.89. The van der Waals surface area contributed by atoms with Crippen molar-refractivity contribution < 1.29 is 21.6 Å². The molecule has 1 aliphatic rings. The van der Waals surface area contributed by atoms with Crippen LogP contribution in [0.15, 0.2) is 17.5 Å². The Labute approximate surface area is 120 Å². The van der Waals surface area contributed by atoms with Gasteiger partial charge in [-0.05, 0) is 24.3 Å². The Bertz CT molecular complexity index is 532. The summed E-state index contributed by atoms with van der Waals surface area (Å²) < 4.78 is 62.9. The minimum absolute atomic E-state index is 0.638. The van der Waals surface area contributed by atoms with E-state index in [1.165, 1.54) is 11.3 Å². The fourth-order valence-corrected chi connectivity index (χ4v) is 5.04. The van der Waals surface area contributed by atoms with Gasteiger partial charge in [-0.3, -0.25) is 0 Å². The molecule has 1 aliphatic carbocycles. The van der Waals surface area contributed by atoms with Gasteiger partial charge in [0, 0.05) is 4.88 Å². The van der Waals surface area contributed by atoms with Crippen LogP contribution in [0.25, 0.3) is 0 Å². The zero-order chi connectivity index (χ0) is 14.9. The van der Waals surface area contributed by atoms with Crippen LogP contribution in [-0.2, 0) is 15.6 Å². The first-order valence-electron chi connectivity index (χ1n) is 6.35. The van der Waals surface area contributed by atoms with E-state index in [0.717, 1.165) is 17.7 Å². The molecule has 1 fully saturated rings. The first-order valence-corrected chi connectivity index (χ1v) is 8.88. The van der Waals surface area contributed by atoms with Gasteiger partial charge in [-0.1, -0.05) is 18.9 Å². The van der Waals surface area contributed by atoms with Gasteiger partial charge in [-0.15, -0.1) is 11.3 Å². The predicted molar refractivity (Wildman–Crippen MR) is 72.1 cm³/mol. The Morgan fingerprint density at radius 3 is 2.45 bits per heavy atom. The molecule has 0 aromatic carbocycles. The molecule has 8 heteroatoms. The molecule has 2 rings (SSSR count). The van der Waals surface area contributed by atoms with Gasteiger partial charge in [0.15, 0.2) is 0 Å². The van der Waals surface area contributed by atoms with Crippen molar-refractivity contribution in [1.82, 2.24) is 4.72 Å². The molecule has 0 amide bonds. The summed E-state index contributed by atoms with van der Waals surface area (Å²) in [6, 6.07) is 3.66. The van der Waals surface area contributed by atoms with Gasteiger partial charge in [0.2, 0.25) is 10.0 Å². The molecule has 1 aromatic heterocycles. The molecule has 1 heterocycles. The normalized spacial score (nSPS) is 19.4. The number of hydrogen-bond acceptors (Lipinski definition) is 3. The molecule has 0 saturated heterocycles. The number of nitrogens with one attached hydrogen (secondary N) is 1. The van der Waals surface area contributed by atoms with Crippen molar-refractivity contribution in [2.24, 2.45) is 0 Å². The lowest BCUT2D eigenvalue weighted by atomic mass is 9.97. The van der Waals surface area contributed by atoms with Crippen LogP contribution in [0.3, 0.4) is 0 Å². The third-order valence-corrected chi connectivity index (χ3v) is 5.97. The molecular weight excluding hydrogens is 311 g/mol. The number of sulfonamides is 1. The second-order valence-corrected chi connectivity index (χ2v) is 7.84. The molecule has 0 unspecified atom stereocenters. The summed E-state index contributed by atoms with van der Waals surface area (Å²) in [4.78, 5) is 0.880. The second-order valence-electron chi connectivity index (χ2n) is 5.05. The molecule has 114 valence electrons. The molecule has 1 aromatic rings. The fraction of sp³-hybridized carbons (Fsp3) is 0.667. The van der Waals surface area contributed by atoms with Crippen molar-refractivity contribution >= 4 is 21.4 Å². The van der Waals surface area contributed by atoms with E-state index in [1.54, 1.807) is 0 Å². The van der Waals surface area contributed by atoms with Crippen molar-refractivity contribution in [3.05, 3.63) is 22.4 Å². The monoisotopic (exact) mass is 327 g/mol. The van der Waals surface area contributed by atoms with Crippen molar-refractivity contribution in [2.75, 3.05) is 5.75 Å². The lowest BCUT2D eigenvalue weighted by Crippen LogP contribution is -2.44. The van der Waals surface area contributed by atoms with Gasteiger partial charge < -0.3 is 0 Å². The number of alkyl halides is 3. The molecule has 1 N–H and O–H groups in total. The van der Waals surface area contributed by atoms with Crippen LogP contribution in [0, 0.1) is 0 Å². The molecule has 3 nitrogen and oxygen atoms in total. The van der Waals surface area contributed by atoms with E-state index < -0.39 is 33.9 Å². The second kappa shape index (κ2) is 5.65. The van der Waals surface area contributed by atoms with Crippen LogP contribution in [0.4, 0.5) is 13.2 Å². The average Bonchev–Trinajstić information content (AvgIpc) is 2.95. The SMILES string of the molecule is O=S(=O)(CCC(F)(F)F)NC1(c2cccs2)CCCC1. The summed E-state index contributed by atoms with van der Waals surface area (Å²) in [5.41, 5.74) is -0.710. The first-order chi connectivity index (χ1) is 9.23. The Kier molecular flexibility index (Phi) is 4.46. The minimum atomic E-state index is -4.46. The Morgan fingerprint density at radius 2 is 1.95 bits per heavy atom. The summed E-state index contributed by atoms with van der Waals surface area (Å²) in [7, 11) is -3.95. The lowest BCUT2D eigenvalue weighted by Gasteiger charge is -2.29. The zero-order valence-corrected chi connectivity index (χ0v) is 12.4. The number of halogens is 3. The Balaban J connectivity index is 2.13. The summed E-state index contributed by atoms with van der Waals surface area (Å²) in [6.45, 7) is 0. The van der Waals surface area contributed by atoms with Crippen molar-refractivity contribution in [2.45, 2.75) is 43.8 Å². The fourth-order valence-electron chi connectivity index (χ4n) is 2.53. The molecule has 0 aliphatic heterocycles. The largest absolute Gasteiger partial charge is 0.390 e. The molecule has 0 atom stereocenters.